The van der Waals surface area contributed by atoms with Crippen LogP contribution in [-0.2, 0) is 29.0 Å². The van der Waals surface area contributed by atoms with E-state index >= 15 is 0 Å². The second-order valence-corrected chi connectivity index (χ2v) is 7.02. The first-order chi connectivity index (χ1) is 13.6. The molecule has 2 N–H and O–H groups in total. The number of rotatable bonds is 8. The fourth-order valence-electron chi connectivity index (χ4n) is 2.60. The lowest BCUT2D eigenvalue weighted by atomic mass is 10.1. The van der Waals surface area contributed by atoms with Gasteiger partial charge in [0.05, 0.1) is 25.6 Å². The van der Waals surface area contributed by atoms with Gasteiger partial charge in [-0.25, -0.2) is 4.98 Å². The van der Waals surface area contributed by atoms with Crippen LogP contribution in [0.3, 0.4) is 0 Å². The molecule has 0 atom stereocenters. The van der Waals surface area contributed by atoms with Crippen LogP contribution in [0, 0.1) is 0 Å². The minimum Gasteiger partial charge on any atom is -0.497 e. The quantitative estimate of drug-likeness (QED) is 0.614. The SMILES string of the molecule is COc1cccc(CNC(=O)Cc2csc(NC(=O)Cc3ccccc3)n2)c1. The number of anilines is 1. The summed E-state index contributed by atoms with van der Waals surface area (Å²) in [5.41, 5.74) is 2.52. The Balaban J connectivity index is 1.47. The molecule has 1 heterocycles. The smallest absolute Gasteiger partial charge is 0.230 e. The van der Waals surface area contributed by atoms with Gasteiger partial charge in [0.2, 0.25) is 11.8 Å². The molecule has 0 aliphatic heterocycles. The molecule has 0 bridgehead atoms. The summed E-state index contributed by atoms with van der Waals surface area (Å²) in [4.78, 5) is 28.6. The van der Waals surface area contributed by atoms with Gasteiger partial charge < -0.3 is 15.4 Å². The van der Waals surface area contributed by atoms with Gasteiger partial charge in [0.1, 0.15) is 5.75 Å². The Hall–Kier alpha value is -3.19. The fraction of sp³-hybridized carbons (Fsp3) is 0.190. The van der Waals surface area contributed by atoms with E-state index in [4.69, 9.17) is 4.74 Å². The zero-order valence-corrected chi connectivity index (χ0v) is 16.3. The molecular formula is C21H21N3O3S. The van der Waals surface area contributed by atoms with Crippen molar-refractivity contribution < 1.29 is 14.3 Å². The summed E-state index contributed by atoms with van der Waals surface area (Å²) >= 11 is 1.31. The van der Waals surface area contributed by atoms with Crippen molar-refractivity contribution in [2.75, 3.05) is 12.4 Å². The maximum absolute atomic E-state index is 12.1. The number of hydrogen-bond donors (Lipinski definition) is 2. The lowest BCUT2D eigenvalue weighted by molar-refractivity contribution is -0.120. The highest BCUT2D eigenvalue weighted by Gasteiger charge is 2.10. The number of nitrogens with one attached hydrogen (secondary N) is 2. The molecule has 0 aliphatic carbocycles. The number of amides is 2. The van der Waals surface area contributed by atoms with Crippen LogP contribution >= 0.6 is 11.3 Å². The van der Waals surface area contributed by atoms with Crippen LogP contribution in [0.4, 0.5) is 5.13 Å². The van der Waals surface area contributed by atoms with Gasteiger partial charge in [-0.1, -0.05) is 42.5 Å². The predicted octanol–water partition coefficient (Wildman–Crippen LogP) is 3.19. The van der Waals surface area contributed by atoms with Crippen LogP contribution in [-0.4, -0.2) is 23.9 Å². The molecule has 3 aromatic rings. The lowest BCUT2D eigenvalue weighted by Crippen LogP contribution is -2.24. The Labute approximate surface area is 167 Å². The molecule has 2 aromatic carbocycles. The van der Waals surface area contributed by atoms with Crippen LogP contribution in [0.25, 0.3) is 0 Å². The molecule has 0 fully saturated rings. The molecule has 2 amide bonds. The summed E-state index contributed by atoms with van der Waals surface area (Å²) in [6.45, 7) is 0.417. The van der Waals surface area contributed by atoms with E-state index in [1.54, 1.807) is 12.5 Å². The Morgan fingerprint density at radius 1 is 1.00 bits per heavy atom. The first-order valence-corrected chi connectivity index (χ1v) is 9.68. The number of ether oxygens (including phenoxy) is 1. The van der Waals surface area contributed by atoms with Crippen molar-refractivity contribution in [1.82, 2.24) is 10.3 Å². The third-order valence-electron chi connectivity index (χ3n) is 3.97. The number of carbonyl (C=O) groups excluding carboxylic acids is 2. The second-order valence-electron chi connectivity index (χ2n) is 6.16. The second kappa shape index (κ2) is 9.66. The highest BCUT2D eigenvalue weighted by molar-refractivity contribution is 7.13. The zero-order valence-electron chi connectivity index (χ0n) is 15.5. The topological polar surface area (TPSA) is 80.3 Å². The maximum Gasteiger partial charge on any atom is 0.230 e. The largest absolute Gasteiger partial charge is 0.497 e. The first-order valence-electron chi connectivity index (χ1n) is 8.80. The molecule has 28 heavy (non-hydrogen) atoms. The van der Waals surface area contributed by atoms with Gasteiger partial charge in [-0.15, -0.1) is 11.3 Å². The van der Waals surface area contributed by atoms with Gasteiger partial charge in [-0.2, -0.15) is 0 Å². The van der Waals surface area contributed by atoms with E-state index in [1.807, 2.05) is 54.6 Å². The summed E-state index contributed by atoms with van der Waals surface area (Å²) in [6, 6.07) is 17.0. The number of thiazole rings is 1. The highest BCUT2D eigenvalue weighted by Crippen LogP contribution is 2.17. The van der Waals surface area contributed by atoms with Crippen molar-refractivity contribution in [3.63, 3.8) is 0 Å². The van der Waals surface area contributed by atoms with Crippen molar-refractivity contribution in [2.24, 2.45) is 0 Å². The van der Waals surface area contributed by atoms with Gasteiger partial charge in [0, 0.05) is 11.9 Å². The average molecular weight is 395 g/mol. The Kier molecular flexibility index (Phi) is 6.75. The first kappa shape index (κ1) is 19.6. The molecule has 3 rings (SSSR count). The molecule has 6 nitrogen and oxygen atoms in total. The highest BCUT2D eigenvalue weighted by atomic mass is 32.1. The molecule has 0 radical (unpaired) electrons. The van der Waals surface area contributed by atoms with Gasteiger partial charge in [0.25, 0.3) is 0 Å². The molecule has 0 saturated heterocycles. The van der Waals surface area contributed by atoms with Crippen LogP contribution in [0.2, 0.25) is 0 Å². The van der Waals surface area contributed by atoms with Crippen molar-refractivity contribution in [1.29, 1.82) is 0 Å². The monoisotopic (exact) mass is 395 g/mol. The van der Waals surface area contributed by atoms with Crippen LogP contribution in [0.5, 0.6) is 5.75 Å². The molecule has 144 valence electrons. The van der Waals surface area contributed by atoms with Crippen LogP contribution in [0.1, 0.15) is 16.8 Å². The molecule has 0 spiro atoms. The minimum absolute atomic E-state index is 0.129. The summed E-state index contributed by atoms with van der Waals surface area (Å²) in [5.74, 6) is 0.493. The Bertz CT molecular complexity index is 941. The zero-order chi connectivity index (χ0) is 19.8. The number of methoxy groups -OCH3 is 1. The van der Waals surface area contributed by atoms with Crippen molar-refractivity contribution >= 4 is 28.3 Å². The van der Waals surface area contributed by atoms with E-state index in [0.717, 1.165) is 16.9 Å². The molecule has 0 unspecified atom stereocenters. The third kappa shape index (κ3) is 5.92. The van der Waals surface area contributed by atoms with E-state index in [0.29, 0.717) is 17.4 Å². The summed E-state index contributed by atoms with van der Waals surface area (Å²) in [5, 5.41) is 7.92. The van der Waals surface area contributed by atoms with E-state index in [-0.39, 0.29) is 24.7 Å². The fourth-order valence-corrected chi connectivity index (χ4v) is 3.33. The van der Waals surface area contributed by atoms with E-state index < -0.39 is 0 Å². The van der Waals surface area contributed by atoms with Crippen molar-refractivity contribution in [3.8, 4) is 5.75 Å². The number of nitrogens with zero attached hydrogens (tertiary/aromatic N) is 1. The molecular weight excluding hydrogens is 374 g/mol. The van der Waals surface area contributed by atoms with Crippen LogP contribution in [0.15, 0.2) is 60.0 Å². The Morgan fingerprint density at radius 3 is 2.57 bits per heavy atom. The third-order valence-corrected chi connectivity index (χ3v) is 4.78. The predicted molar refractivity (Wildman–Crippen MR) is 109 cm³/mol. The number of carbonyl (C=O) groups is 2. The van der Waals surface area contributed by atoms with Gasteiger partial charge in [-0.3, -0.25) is 9.59 Å². The van der Waals surface area contributed by atoms with Crippen molar-refractivity contribution in [3.05, 3.63) is 76.8 Å². The lowest BCUT2D eigenvalue weighted by Gasteiger charge is -2.06. The van der Waals surface area contributed by atoms with Gasteiger partial charge in [0.15, 0.2) is 5.13 Å². The summed E-state index contributed by atoms with van der Waals surface area (Å²) in [6.07, 6.45) is 0.450. The molecule has 7 heteroatoms. The number of hydrogen-bond acceptors (Lipinski definition) is 5. The van der Waals surface area contributed by atoms with E-state index in [9.17, 15) is 9.59 Å². The van der Waals surface area contributed by atoms with Gasteiger partial charge in [-0.05, 0) is 23.3 Å². The Morgan fingerprint density at radius 2 is 1.79 bits per heavy atom. The molecule has 1 aromatic heterocycles. The normalized spacial score (nSPS) is 10.3. The molecule has 0 saturated carbocycles. The number of aromatic nitrogens is 1. The minimum atomic E-state index is -0.130. The maximum atomic E-state index is 12.1. The number of benzene rings is 2. The van der Waals surface area contributed by atoms with Gasteiger partial charge >= 0.3 is 0 Å². The van der Waals surface area contributed by atoms with E-state index in [1.165, 1.54) is 11.3 Å². The van der Waals surface area contributed by atoms with Crippen LogP contribution < -0.4 is 15.4 Å². The average Bonchev–Trinajstić information content (AvgIpc) is 3.13. The van der Waals surface area contributed by atoms with E-state index in [2.05, 4.69) is 15.6 Å². The summed E-state index contributed by atoms with van der Waals surface area (Å²) < 4.78 is 5.17. The standard InChI is InChI=1S/C21H21N3O3S/c1-27-18-9-5-8-16(10-18)13-22-19(25)12-17-14-28-21(23-17)24-20(26)11-15-6-3-2-4-7-15/h2-10,14H,11-13H2,1H3,(H,22,25)(H,23,24,26). The van der Waals surface area contributed by atoms with Crippen molar-refractivity contribution in [2.45, 2.75) is 19.4 Å². The summed E-state index contributed by atoms with van der Waals surface area (Å²) in [7, 11) is 1.61. The molecule has 0 aliphatic rings.